The maximum atomic E-state index is 13.3. The van der Waals surface area contributed by atoms with Crippen molar-refractivity contribution in [3.63, 3.8) is 0 Å². The molecule has 5 rings (SSSR count). The Hall–Kier alpha value is -4.38. The first kappa shape index (κ1) is 31.1. The van der Waals surface area contributed by atoms with Gasteiger partial charge in [0, 0.05) is 29.9 Å². The summed E-state index contributed by atoms with van der Waals surface area (Å²) in [6.45, 7) is 0.453. The lowest BCUT2D eigenvalue weighted by Gasteiger charge is -2.39. The number of halogens is 3. The Morgan fingerprint density at radius 1 is 0.932 bits per heavy atom. The summed E-state index contributed by atoms with van der Waals surface area (Å²) < 4.78 is 57.4. The molecule has 0 amide bonds. The van der Waals surface area contributed by atoms with E-state index in [9.17, 15) is 13.2 Å². The van der Waals surface area contributed by atoms with Gasteiger partial charge in [0.15, 0.2) is 0 Å². The van der Waals surface area contributed by atoms with Crippen LogP contribution in [0.1, 0.15) is 41.9 Å². The van der Waals surface area contributed by atoms with Crippen LogP contribution in [0, 0.1) is 0 Å². The van der Waals surface area contributed by atoms with Crippen molar-refractivity contribution in [3.05, 3.63) is 96.1 Å². The molecule has 1 aliphatic carbocycles. The Bertz CT molecular complexity index is 1520. The fraction of sp³-hybridized carbons (Fsp3) is 0.364. The number of methoxy groups -OCH3 is 2. The topological polar surface area (TPSA) is 72.8 Å². The number of anilines is 2. The van der Waals surface area contributed by atoms with Crippen LogP contribution in [0.3, 0.4) is 0 Å². The van der Waals surface area contributed by atoms with Gasteiger partial charge < -0.3 is 24.0 Å². The highest BCUT2D eigenvalue weighted by Gasteiger charge is 2.36. The van der Waals surface area contributed by atoms with E-state index >= 15 is 0 Å². The second-order valence-electron chi connectivity index (χ2n) is 11.0. The molecule has 0 bridgehead atoms. The van der Waals surface area contributed by atoms with Crippen molar-refractivity contribution in [2.45, 2.75) is 50.0 Å². The zero-order valence-electron chi connectivity index (χ0n) is 25.2. The van der Waals surface area contributed by atoms with Gasteiger partial charge in [0.2, 0.25) is 5.88 Å². The van der Waals surface area contributed by atoms with Crippen molar-refractivity contribution in [3.8, 4) is 17.4 Å². The Kier molecular flexibility index (Phi) is 9.53. The second kappa shape index (κ2) is 13.5. The summed E-state index contributed by atoms with van der Waals surface area (Å²) in [6, 6.07) is 17.0. The van der Waals surface area contributed by atoms with Crippen molar-refractivity contribution >= 4 is 11.5 Å². The largest absolute Gasteiger partial charge is 0.497 e. The normalized spacial score (nSPS) is 18.6. The number of likely N-dealkylation sites (N-methyl/N-ethyl adjacent to an activating group) is 1. The molecule has 1 fully saturated rings. The van der Waals surface area contributed by atoms with E-state index < -0.39 is 11.7 Å². The van der Waals surface area contributed by atoms with E-state index in [1.807, 2.05) is 55.4 Å². The van der Waals surface area contributed by atoms with Crippen molar-refractivity contribution in [1.82, 2.24) is 19.9 Å². The fourth-order valence-corrected chi connectivity index (χ4v) is 5.73. The second-order valence-corrected chi connectivity index (χ2v) is 11.0. The van der Waals surface area contributed by atoms with Crippen molar-refractivity contribution in [2.75, 3.05) is 33.2 Å². The average Bonchev–Trinajstić information content (AvgIpc) is 3.04. The summed E-state index contributed by atoms with van der Waals surface area (Å²) in [5.41, 5.74) is 1.83. The minimum absolute atomic E-state index is 0.00447. The summed E-state index contributed by atoms with van der Waals surface area (Å²) in [4.78, 5) is 17.2. The first-order valence-corrected chi connectivity index (χ1v) is 14.4. The molecule has 232 valence electrons. The standard InChI is InChI=1S/C33H36F3N5O3/c1-40(2)28-17-23(22-6-5-7-25(16-22)33(34,35)36)9-12-29(28)44-32-13-10-26(19-38-32)41(31-14-15-37-21-39-31)20-24-8-11-27(42-3)18-30(24)43-4/h5-8,10-11,13-16,18-19,21,23,28-29H,9,12,17,20H2,1-4H3/t23-,28-,29-/m0/s1. The van der Waals surface area contributed by atoms with Crippen LogP contribution < -0.4 is 19.1 Å². The molecule has 4 aromatic rings. The number of aromatic nitrogens is 3. The minimum atomic E-state index is -4.36. The number of benzene rings is 2. The van der Waals surface area contributed by atoms with Crippen LogP contribution in [0.4, 0.5) is 24.7 Å². The van der Waals surface area contributed by atoms with E-state index in [4.69, 9.17) is 14.2 Å². The monoisotopic (exact) mass is 607 g/mol. The van der Waals surface area contributed by atoms with E-state index in [0.717, 1.165) is 23.7 Å². The van der Waals surface area contributed by atoms with Crippen LogP contribution in [0.15, 0.2) is 79.4 Å². The highest BCUT2D eigenvalue weighted by Crippen LogP contribution is 2.39. The van der Waals surface area contributed by atoms with E-state index in [-0.39, 0.29) is 18.1 Å². The SMILES string of the molecule is COc1ccc(CN(c2ccc(O[C@H]3CC[C@H](c4cccc(C(F)(F)F)c4)C[C@@H]3N(C)C)nc2)c2ccncn2)c(OC)c1. The van der Waals surface area contributed by atoms with Gasteiger partial charge >= 0.3 is 6.18 Å². The Morgan fingerprint density at radius 3 is 2.43 bits per heavy atom. The maximum absolute atomic E-state index is 13.3. The van der Waals surface area contributed by atoms with E-state index in [1.54, 1.807) is 32.7 Å². The van der Waals surface area contributed by atoms with Crippen molar-refractivity contribution in [2.24, 2.45) is 0 Å². The molecule has 0 aliphatic heterocycles. The smallest absolute Gasteiger partial charge is 0.416 e. The zero-order chi connectivity index (χ0) is 31.3. The van der Waals surface area contributed by atoms with Crippen LogP contribution in [0.25, 0.3) is 0 Å². The third-order valence-electron chi connectivity index (χ3n) is 8.07. The van der Waals surface area contributed by atoms with E-state index in [0.29, 0.717) is 48.1 Å². The van der Waals surface area contributed by atoms with Crippen molar-refractivity contribution < 1.29 is 27.4 Å². The Morgan fingerprint density at radius 2 is 1.77 bits per heavy atom. The van der Waals surface area contributed by atoms with Crippen LogP contribution in [-0.2, 0) is 12.7 Å². The lowest BCUT2D eigenvalue weighted by atomic mass is 9.79. The third-order valence-corrected chi connectivity index (χ3v) is 8.07. The molecule has 0 spiro atoms. The molecule has 2 aromatic carbocycles. The summed E-state index contributed by atoms with van der Waals surface area (Å²) >= 11 is 0. The van der Waals surface area contributed by atoms with Gasteiger partial charge in [-0.05, 0) is 75.2 Å². The molecule has 0 saturated heterocycles. The van der Waals surface area contributed by atoms with E-state index in [1.165, 1.54) is 18.5 Å². The van der Waals surface area contributed by atoms with Gasteiger partial charge in [-0.15, -0.1) is 0 Å². The molecule has 44 heavy (non-hydrogen) atoms. The lowest BCUT2D eigenvalue weighted by molar-refractivity contribution is -0.137. The molecule has 0 N–H and O–H groups in total. The first-order valence-electron chi connectivity index (χ1n) is 14.4. The molecule has 3 atom stereocenters. The molecule has 0 radical (unpaired) electrons. The van der Waals surface area contributed by atoms with Crippen molar-refractivity contribution in [1.29, 1.82) is 0 Å². The number of ether oxygens (including phenoxy) is 3. The average molecular weight is 608 g/mol. The molecule has 1 aliphatic rings. The molecule has 2 aromatic heterocycles. The highest BCUT2D eigenvalue weighted by atomic mass is 19.4. The number of nitrogens with zero attached hydrogens (tertiary/aromatic N) is 5. The van der Waals surface area contributed by atoms with Crippen LogP contribution >= 0.6 is 0 Å². The number of alkyl halides is 3. The van der Waals surface area contributed by atoms with Crippen LogP contribution in [0.5, 0.6) is 17.4 Å². The molecular formula is C33H36F3N5O3. The Balaban J connectivity index is 1.33. The number of hydrogen-bond donors (Lipinski definition) is 0. The fourth-order valence-electron chi connectivity index (χ4n) is 5.73. The summed E-state index contributed by atoms with van der Waals surface area (Å²) in [7, 11) is 7.17. The van der Waals surface area contributed by atoms with Gasteiger partial charge in [-0.3, -0.25) is 0 Å². The quantitative estimate of drug-likeness (QED) is 0.193. The summed E-state index contributed by atoms with van der Waals surface area (Å²) in [5, 5.41) is 0. The number of pyridine rings is 1. The lowest BCUT2D eigenvalue weighted by Crippen LogP contribution is -2.46. The molecule has 8 nitrogen and oxygen atoms in total. The van der Waals surface area contributed by atoms with Gasteiger partial charge in [-0.1, -0.05) is 18.2 Å². The van der Waals surface area contributed by atoms with Gasteiger partial charge in [-0.25, -0.2) is 15.0 Å². The molecule has 2 heterocycles. The molecular weight excluding hydrogens is 571 g/mol. The first-order chi connectivity index (χ1) is 21.2. The van der Waals surface area contributed by atoms with Crippen LogP contribution in [0.2, 0.25) is 0 Å². The Labute approximate surface area is 255 Å². The zero-order valence-corrected chi connectivity index (χ0v) is 25.2. The van der Waals surface area contributed by atoms with Gasteiger partial charge in [0.05, 0.1) is 38.2 Å². The predicted molar refractivity (Wildman–Crippen MR) is 162 cm³/mol. The highest BCUT2D eigenvalue weighted by molar-refractivity contribution is 5.60. The van der Waals surface area contributed by atoms with Gasteiger partial charge in [-0.2, -0.15) is 13.2 Å². The van der Waals surface area contributed by atoms with Gasteiger partial charge in [0.1, 0.15) is 29.7 Å². The third kappa shape index (κ3) is 7.21. The number of rotatable bonds is 10. The molecule has 0 unspecified atom stereocenters. The summed E-state index contributed by atoms with van der Waals surface area (Å²) in [6.07, 6.45) is 2.50. The minimum Gasteiger partial charge on any atom is -0.497 e. The molecule has 1 saturated carbocycles. The summed E-state index contributed by atoms with van der Waals surface area (Å²) in [5.74, 6) is 2.56. The maximum Gasteiger partial charge on any atom is 0.416 e. The van der Waals surface area contributed by atoms with Crippen LogP contribution in [-0.4, -0.2) is 60.3 Å². The van der Waals surface area contributed by atoms with Gasteiger partial charge in [0.25, 0.3) is 0 Å². The van der Waals surface area contributed by atoms with E-state index in [2.05, 4.69) is 19.9 Å². The number of hydrogen-bond acceptors (Lipinski definition) is 8. The predicted octanol–water partition coefficient (Wildman–Crippen LogP) is 6.89. The molecule has 11 heteroatoms.